The van der Waals surface area contributed by atoms with Gasteiger partial charge < -0.3 is 0 Å². The largest absolute Gasteiger partial charge is 0.249 e. The maximum atomic E-state index is 15.8. The third-order valence-corrected chi connectivity index (χ3v) is 8.39. The number of halogens is 2. The molecule has 0 N–H and O–H groups in total. The lowest BCUT2D eigenvalue weighted by Crippen LogP contribution is -2.53. The molecule has 190 valence electrons. The summed E-state index contributed by atoms with van der Waals surface area (Å²) in [4.78, 5) is 0. The van der Waals surface area contributed by atoms with E-state index < -0.39 is 11.6 Å². The van der Waals surface area contributed by atoms with Gasteiger partial charge in [-0.15, -0.1) is 0 Å². The first-order valence-electron chi connectivity index (χ1n) is 13.4. The summed E-state index contributed by atoms with van der Waals surface area (Å²) in [6, 6.07) is 29.8. The summed E-state index contributed by atoms with van der Waals surface area (Å²) >= 11 is 0. The molecule has 0 aliphatic carbocycles. The molecule has 2 atom stereocenters. The van der Waals surface area contributed by atoms with E-state index in [1.807, 2.05) is 53.2 Å². The van der Waals surface area contributed by atoms with Crippen LogP contribution in [0.3, 0.4) is 0 Å². The van der Waals surface area contributed by atoms with Gasteiger partial charge in [0.15, 0.2) is 24.0 Å². The fourth-order valence-corrected chi connectivity index (χ4v) is 6.59. The van der Waals surface area contributed by atoms with Gasteiger partial charge in [0, 0.05) is 29.3 Å². The van der Waals surface area contributed by atoms with E-state index in [1.165, 1.54) is 17.2 Å². The van der Waals surface area contributed by atoms with E-state index in [4.69, 9.17) is 0 Å². The molecule has 0 fully saturated rings. The van der Waals surface area contributed by atoms with Crippen LogP contribution < -0.4 is 9.13 Å². The lowest BCUT2D eigenvalue weighted by Gasteiger charge is -2.29. The smallest absolute Gasteiger partial charge is 0.204 e. The Balaban J connectivity index is 1.54. The van der Waals surface area contributed by atoms with Crippen LogP contribution in [-0.2, 0) is 6.42 Å². The van der Waals surface area contributed by atoms with Gasteiger partial charge in [-0.1, -0.05) is 54.6 Å². The van der Waals surface area contributed by atoms with Crippen LogP contribution in [0.1, 0.15) is 35.1 Å². The van der Waals surface area contributed by atoms with E-state index in [9.17, 15) is 4.39 Å². The normalized spacial score (nSPS) is 17.5. The van der Waals surface area contributed by atoms with Crippen molar-refractivity contribution in [3.05, 3.63) is 138 Å². The van der Waals surface area contributed by atoms with E-state index >= 15 is 4.39 Å². The summed E-state index contributed by atoms with van der Waals surface area (Å²) in [6.07, 6.45) is 5.55. The zero-order valence-corrected chi connectivity index (χ0v) is 21.7. The number of hydrogen-bond donors (Lipinski definition) is 0. The maximum Gasteiger partial charge on any atom is 0.249 e. The molecular weight excluding hydrogens is 486 g/mol. The van der Waals surface area contributed by atoms with Crippen molar-refractivity contribution < 1.29 is 17.9 Å². The molecule has 4 heterocycles. The first-order chi connectivity index (χ1) is 19.0. The van der Waals surface area contributed by atoms with Crippen molar-refractivity contribution in [1.82, 2.24) is 0 Å². The Kier molecular flexibility index (Phi) is 5.52. The van der Waals surface area contributed by atoms with Gasteiger partial charge >= 0.3 is 0 Å². The molecule has 0 saturated carbocycles. The highest BCUT2D eigenvalue weighted by molar-refractivity contribution is 5.74. The van der Waals surface area contributed by atoms with Gasteiger partial charge in [-0.05, 0) is 66.8 Å². The second-order valence-corrected chi connectivity index (χ2v) is 10.5. The molecule has 2 aliphatic rings. The quantitative estimate of drug-likeness (QED) is 0.204. The Hall–Kier alpha value is -4.44. The molecule has 2 aromatic heterocycles. The van der Waals surface area contributed by atoms with Gasteiger partial charge in [-0.3, -0.25) is 0 Å². The van der Waals surface area contributed by atoms with Crippen molar-refractivity contribution in [2.24, 2.45) is 0 Å². The maximum absolute atomic E-state index is 15.8. The lowest BCUT2D eigenvalue weighted by molar-refractivity contribution is -0.727. The minimum Gasteiger partial charge on any atom is -0.204 e. The highest BCUT2D eigenvalue weighted by Gasteiger charge is 2.47. The molecule has 39 heavy (non-hydrogen) atoms. The van der Waals surface area contributed by atoms with Gasteiger partial charge in [0.2, 0.25) is 23.1 Å². The topological polar surface area (TPSA) is 7.76 Å². The molecule has 5 aromatic rings. The number of rotatable bonds is 1. The number of aromatic nitrogens is 2. The van der Waals surface area contributed by atoms with E-state index in [0.29, 0.717) is 17.7 Å². The predicted octanol–water partition coefficient (Wildman–Crippen LogP) is 7.60. The number of fused-ring (bicyclic) bond motifs is 9. The first kappa shape index (κ1) is 23.7. The number of pyridine rings is 2. The van der Waals surface area contributed by atoms with Gasteiger partial charge in [-0.25, -0.2) is 8.78 Å². The molecule has 2 aliphatic heterocycles. The van der Waals surface area contributed by atoms with E-state index in [0.717, 1.165) is 40.1 Å². The van der Waals surface area contributed by atoms with Crippen molar-refractivity contribution in [2.75, 3.05) is 0 Å². The zero-order valence-electron chi connectivity index (χ0n) is 21.7. The molecule has 0 radical (unpaired) electrons. The summed E-state index contributed by atoms with van der Waals surface area (Å²) in [7, 11) is 0. The van der Waals surface area contributed by atoms with Crippen molar-refractivity contribution >= 4 is 5.70 Å². The summed E-state index contributed by atoms with van der Waals surface area (Å²) in [5, 5.41) is 0. The van der Waals surface area contributed by atoms with Gasteiger partial charge in [0.25, 0.3) is 0 Å². The van der Waals surface area contributed by atoms with Gasteiger partial charge in [0.1, 0.15) is 0 Å². The zero-order chi connectivity index (χ0) is 26.7. The number of nitrogens with zero attached hydrogens (tertiary/aromatic N) is 2. The SMILES string of the molecule is C=C1C2C(CCc3ccc(F)c(F)c3-c3cc(-c4ccccc4)c(C)c[n+]31)c1ccccc1-c1cccc[n+]12. The van der Waals surface area contributed by atoms with Crippen LogP contribution in [0.5, 0.6) is 0 Å². The fraction of sp³-hybridized carbons (Fsp3) is 0.143. The average Bonchev–Trinajstić information content (AvgIpc) is 3.02. The van der Waals surface area contributed by atoms with Crippen molar-refractivity contribution in [1.29, 1.82) is 0 Å². The van der Waals surface area contributed by atoms with Crippen LogP contribution in [0.2, 0.25) is 0 Å². The number of benzene rings is 3. The molecule has 0 spiro atoms. The van der Waals surface area contributed by atoms with Gasteiger partial charge in [0.05, 0.1) is 11.5 Å². The highest BCUT2D eigenvalue weighted by atomic mass is 19.2. The Bertz CT molecular complexity index is 1770. The average molecular weight is 515 g/mol. The predicted molar refractivity (Wildman–Crippen MR) is 150 cm³/mol. The van der Waals surface area contributed by atoms with Crippen LogP contribution in [0.15, 0.2) is 110 Å². The summed E-state index contributed by atoms with van der Waals surface area (Å²) < 4.78 is 34.9. The van der Waals surface area contributed by atoms with Crippen LogP contribution >= 0.6 is 0 Å². The van der Waals surface area contributed by atoms with E-state index in [2.05, 4.69) is 60.7 Å². The van der Waals surface area contributed by atoms with E-state index in [-0.39, 0.29) is 12.0 Å². The molecule has 2 nitrogen and oxygen atoms in total. The second kappa shape index (κ2) is 9.09. The number of aryl methyl sites for hydroxylation is 2. The number of allylic oxidation sites excluding steroid dienone is 1. The van der Waals surface area contributed by atoms with Crippen LogP contribution in [-0.4, -0.2) is 0 Å². The molecule has 4 heteroatoms. The Labute approximate surface area is 227 Å². The van der Waals surface area contributed by atoms with Crippen LogP contribution in [0.25, 0.3) is 39.3 Å². The third kappa shape index (κ3) is 3.66. The monoisotopic (exact) mass is 514 g/mol. The van der Waals surface area contributed by atoms with Gasteiger partial charge in [-0.2, -0.15) is 9.13 Å². The standard InChI is InChI=1S/C35H28F2N2/c1-22-21-39-23(2)35-28(26-12-6-7-13-27(26)31-14-8-9-19-38(31)35)17-15-25-16-18-30(36)34(37)33(25)32(39)20-29(22)24-10-4-3-5-11-24/h3-14,16,18-21,28,35H,2,15,17H2,1H3/q+2. The van der Waals surface area contributed by atoms with Crippen molar-refractivity contribution in [3.63, 3.8) is 0 Å². The number of hydrogen-bond acceptors (Lipinski definition) is 0. The second-order valence-electron chi connectivity index (χ2n) is 10.5. The Morgan fingerprint density at radius 3 is 2.44 bits per heavy atom. The first-order valence-corrected chi connectivity index (χ1v) is 13.4. The molecule has 2 unspecified atom stereocenters. The van der Waals surface area contributed by atoms with Crippen molar-refractivity contribution in [3.8, 4) is 33.6 Å². The minimum atomic E-state index is -0.838. The molecule has 3 aromatic carbocycles. The highest BCUT2D eigenvalue weighted by Crippen LogP contribution is 2.45. The fourth-order valence-electron chi connectivity index (χ4n) is 6.59. The molecule has 0 amide bonds. The molecule has 0 saturated heterocycles. The third-order valence-electron chi connectivity index (χ3n) is 8.39. The van der Waals surface area contributed by atoms with Crippen LogP contribution in [0, 0.1) is 18.6 Å². The Morgan fingerprint density at radius 2 is 1.59 bits per heavy atom. The molecule has 0 bridgehead atoms. The lowest BCUT2D eigenvalue weighted by atomic mass is 9.78. The Morgan fingerprint density at radius 1 is 0.821 bits per heavy atom. The van der Waals surface area contributed by atoms with Crippen LogP contribution in [0.4, 0.5) is 8.78 Å². The molecule has 7 rings (SSSR count). The summed E-state index contributed by atoms with van der Waals surface area (Å²) in [5.74, 6) is -1.54. The van der Waals surface area contributed by atoms with E-state index in [1.54, 1.807) is 6.07 Å². The van der Waals surface area contributed by atoms with Crippen molar-refractivity contribution in [2.45, 2.75) is 31.7 Å². The summed E-state index contributed by atoms with van der Waals surface area (Å²) in [6.45, 7) is 6.71. The minimum absolute atomic E-state index is 0.0935. The molecular formula is C35H28F2N2+2. The summed E-state index contributed by atoms with van der Waals surface area (Å²) in [5.41, 5.74) is 9.24.